The third kappa shape index (κ3) is 2.70. The minimum Gasteiger partial charge on any atom is -0.500 e. The van der Waals surface area contributed by atoms with Gasteiger partial charge in [0.2, 0.25) is 0 Å². The van der Waals surface area contributed by atoms with Gasteiger partial charge in [0.1, 0.15) is 6.04 Å². The molecule has 0 fully saturated rings. The number of hydrogen-bond acceptors (Lipinski definition) is 0. The Labute approximate surface area is 123 Å². The minimum atomic E-state index is 0. The molecule has 0 saturated carbocycles. The normalized spacial score (nSPS) is 23.5. The van der Waals surface area contributed by atoms with Crippen molar-refractivity contribution < 1.29 is 37.3 Å². The predicted octanol–water partition coefficient (Wildman–Crippen LogP) is 2.83. The Kier molecular flexibility index (Phi) is 5.07. The van der Waals surface area contributed by atoms with Crippen molar-refractivity contribution in [2.45, 2.75) is 32.2 Å². The second-order valence-corrected chi connectivity index (χ2v) is 4.24. The van der Waals surface area contributed by atoms with Gasteiger partial charge in [-0.2, -0.15) is 0 Å². The summed E-state index contributed by atoms with van der Waals surface area (Å²) in [5.41, 5.74) is 2.53. The molecule has 1 nitrogen and oxygen atoms in total. The van der Waals surface area contributed by atoms with Gasteiger partial charge in [-0.05, 0) is 12.8 Å². The quantitative estimate of drug-likeness (QED) is 0.552. The summed E-state index contributed by atoms with van der Waals surface area (Å²) in [6.07, 6.45) is 6.06. The molecule has 0 N–H and O–H groups in total. The van der Waals surface area contributed by atoms with Crippen LogP contribution in [-0.4, -0.2) is 16.8 Å². The first-order chi connectivity index (χ1) is 7.22. The molecule has 1 aromatic carbocycles. The molecule has 1 aromatic rings. The van der Waals surface area contributed by atoms with Crippen LogP contribution in [0.25, 0.3) is 0 Å². The van der Waals surface area contributed by atoms with Crippen LogP contribution in [0.5, 0.6) is 0 Å². The van der Waals surface area contributed by atoms with E-state index in [-0.39, 0.29) is 32.7 Å². The first-order valence-electron chi connectivity index (χ1n) is 5.41. The van der Waals surface area contributed by atoms with Crippen molar-refractivity contribution in [1.82, 2.24) is 0 Å². The van der Waals surface area contributed by atoms with Gasteiger partial charge in [0.25, 0.3) is 0 Å². The zero-order valence-corrected chi connectivity index (χ0v) is 12.7. The first-order valence-corrected chi connectivity index (χ1v) is 5.41. The van der Waals surface area contributed by atoms with Gasteiger partial charge in [-0.1, -0.05) is 24.8 Å². The summed E-state index contributed by atoms with van der Waals surface area (Å²) >= 11 is 0. The molecule has 0 bridgehead atoms. The van der Waals surface area contributed by atoms with Crippen LogP contribution in [0.2, 0.25) is 0 Å². The van der Waals surface area contributed by atoms with E-state index in [4.69, 9.17) is 6.58 Å². The molecule has 2 heteroatoms. The van der Waals surface area contributed by atoms with Crippen molar-refractivity contribution >= 4 is 6.21 Å². The Hall–Kier alpha value is -0.266. The third-order valence-corrected chi connectivity index (χ3v) is 3.07. The summed E-state index contributed by atoms with van der Waals surface area (Å²) in [6.45, 7) is 10.0. The van der Waals surface area contributed by atoms with Crippen LogP contribution in [0.1, 0.15) is 37.3 Å². The predicted molar refractivity (Wildman–Crippen MR) is 62.2 cm³/mol. The molecule has 1 heterocycles. The van der Waals surface area contributed by atoms with Crippen LogP contribution in [0, 0.1) is 6.58 Å². The number of hydrogen-bond donors (Lipinski definition) is 0. The second kappa shape index (κ2) is 5.88. The maximum Gasteiger partial charge on any atom is 0.151 e. The van der Waals surface area contributed by atoms with Gasteiger partial charge in [0.05, 0.1) is 0 Å². The van der Waals surface area contributed by atoms with Crippen molar-refractivity contribution in [2.75, 3.05) is 0 Å². The summed E-state index contributed by atoms with van der Waals surface area (Å²) in [7, 11) is 0. The van der Waals surface area contributed by atoms with Crippen LogP contribution >= 0.6 is 0 Å². The van der Waals surface area contributed by atoms with Crippen molar-refractivity contribution in [3.8, 4) is 0 Å². The zero-order valence-electron chi connectivity index (χ0n) is 9.85. The Bertz CT molecular complexity index is 409. The SMILES string of the molecule is [CH-]=C[N+]1=[C-]c2ccccc2C(C)CC1C.[Y]. The van der Waals surface area contributed by atoms with E-state index >= 15 is 0 Å². The Morgan fingerprint density at radius 2 is 2.06 bits per heavy atom. The molecule has 0 aromatic heterocycles. The Morgan fingerprint density at radius 1 is 1.38 bits per heavy atom. The van der Waals surface area contributed by atoms with E-state index in [9.17, 15) is 0 Å². The average molecular weight is 287 g/mol. The molecule has 0 amide bonds. The molecule has 2 atom stereocenters. The molecule has 2 rings (SSSR count). The van der Waals surface area contributed by atoms with Crippen molar-refractivity contribution in [2.24, 2.45) is 0 Å². The van der Waals surface area contributed by atoms with Crippen LogP contribution in [0.3, 0.4) is 0 Å². The fourth-order valence-electron chi connectivity index (χ4n) is 2.21. The van der Waals surface area contributed by atoms with Crippen LogP contribution < -0.4 is 0 Å². The van der Waals surface area contributed by atoms with Crippen molar-refractivity contribution in [3.05, 3.63) is 48.2 Å². The maximum atomic E-state index is 5.60. The molecule has 1 radical (unpaired) electrons. The molecule has 2 unspecified atom stereocenters. The molecule has 1 aliphatic rings. The smallest absolute Gasteiger partial charge is 0.151 e. The number of nitrogens with zero attached hydrogens (tertiary/aromatic N) is 1. The first kappa shape index (κ1) is 13.8. The third-order valence-electron chi connectivity index (χ3n) is 3.07. The Balaban J connectivity index is 0.00000128. The maximum absolute atomic E-state index is 5.60. The van der Waals surface area contributed by atoms with E-state index in [1.54, 1.807) is 6.20 Å². The van der Waals surface area contributed by atoms with Gasteiger partial charge in [-0.15, -0.1) is 23.8 Å². The fourth-order valence-corrected chi connectivity index (χ4v) is 2.21. The molecule has 1 aliphatic heterocycles. The van der Waals surface area contributed by atoms with Crippen molar-refractivity contribution in [1.29, 1.82) is 0 Å². The monoisotopic (exact) mass is 287 g/mol. The largest absolute Gasteiger partial charge is 0.500 e. The van der Waals surface area contributed by atoms with E-state index in [0.717, 1.165) is 12.0 Å². The summed E-state index contributed by atoms with van der Waals surface area (Å²) in [5.74, 6) is 0.564. The second-order valence-electron chi connectivity index (χ2n) is 4.24. The number of rotatable bonds is 1. The molecule has 0 aliphatic carbocycles. The topological polar surface area (TPSA) is 3.01 Å². The molecule has 0 saturated heterocycles. The standard InChI is InChI=1S/C14H16N.Y/c1-4-15-10-13-7-5-6-8-14(13)11(2)9-12(15)3;/h1,4-8,11-12H,9H2,2-3H3;/q-1;. The van der Waals surface area contributed by atoms with Crippen LogP contribution in [0.15, 0.2) is 30.5 Å². The van der Waals surface area contributed by atoms with Crippen LogP contribution in [0.4, 0.5) is 0 Å². The fraction of sp³-hybridized carbons (Fsp3) is 0.357. The van der Waals surface area contributed by atoms with E-state index in [0.29, 0.717) is 12.0 Å². The van der Waals surface area contributed by atoms with Crippen molar-refractivity contribution in [3.63, 3.8) is 0 Å². The zero-order chi connectivity index (χ0) is 10.8. The molecule has 0 spiro atoms. The van der Waals surface area contributed by atoms with E-state index in [1.807, 2.05) is 10.6 Å². The van der Waals surface area contributed by atoms with Gasteiger partial charge < -0.3 is 11.2 Å². The summed E-state index contributed by atoms with van der Waals surface area (Å²) in [6, 6.07) is 8.82. The number of fused-ring (bicyclic) bond motifs is 1. The molecule has 16 heavy (non-hydrogen) atoms. The number of benzene rings is 1. The van der Waals surface area contributed by atoms with E-state index in [2.05, 4.69) is 38.3 Å². The van der Waals surface area contributed by atoms with E-state index in [1.165, 1.54) is 5.56 Å². The Morgan fingerprint density at radius 3 is 2.75 bits per heavy atom. The van der Waals surface area contributed by atoms with Gasteiger partial charge in [0.15, 0.2) is 6.21 Å². The van der Waals surface area contributed by atoms with Gasteiger partial charge in [0, 0.05) is 39.1 Å². The van der Waals surface area contributed by atoms with Gasteiger partial charge >= 0.3 is 0 Å². The van der Waals surface area contributed by atoms with Gasteiger partial charge in [-0.25, -0.2) is 0 Å². The summed E-state index contributed by atoms with van der Waals surface area (Å²) in [5, 5.41) is 0. The molecular weight excluding hydrogens is 271 g/mol. The summed E-state index contributed by atoms with van der Waals surface area (Å²) < 4.78 is 1.97. The summed E-state index contributed by atoms with van der Waals surface area (Å²) in [4.78, 5) is 0. The van der Waals surface area contributed by atoms with Crippen LogP contribution in [-0.2, 0) is 32.7 Å². The van der Waals surface area contributed by atoms with E-state index < -0.39 is 0 Å². The molecular formula is C14H16NY-. The molecule has 81 valence electrons. The average Bonchev–Trinajstić information content (AvgIpc) is 2.36. The minimum absolute atomic E-state index is 0. The van der Waals surface area contributed by atoms with Gasteiger partial charge in [-0.3, -0.25) is 0 Å².